The number of rotatable bonds is 2. The van der Waals surface area contributed by atoms with Gasteiger partial charge in [0.1, 0.15) is 5.69 Å². The first-order chi connectivity index (χ1) is 10.8. The lowest BCUT2D eigenvalue weighted by Gasteiger charge is -2.03. The van der Waals surface area contributed by atoms with Crippen LogP contribution in [-0.4, -0.2) is 19.6 Å². The Bertz CT molecular complexity index is 924. The van der Waals surface area contributed by atoms with Crippen molar-refractivity contribution in [3.05, 3.63) is 72.9 Å². The van der Waals surface area contributed by atoms with Crippen molar-refractivity contribution in [2.24, 2.45) is 0 Å². The molecule has 0 bridgehead atoms. The Morgan fingerprint density at radius 3 is 2.55 bits per heavy atom. The van der Waals surface area contributed by atoms with Crippen LogP contribution < -0.4 is 0 Å². The molecule has 3 heterocycles. The Kier molecular flexibility index (Phi) is 2.93. The van der Waals surface area contributed by atoms with Crippen molar-refractivity contribution in [2.75, 3.05) is 0 Å². The molecule has 0 aliphatic carbocycles. The summed E-state index contributed by atoms with van der Waals surface area (Å²) in [4.78, 5) is 8.66. The maximum atomic E-state index is 4.73. The lowest BCUT2D eigenvalue weighted by molar-refractivity contribution is 0.950. The first-order valence-corrected chi connectivity index (χ1v) is 7.14. The van der Waals surface area contributed by atoms with Crippen LogP contribution in [0.5, 0.6) is 0 Å². The average Bonchev–Trinajstić information content (AvgIpc) is 2.96. The molecule has 0 spiro atoms. The number of aryl methyl sites for hydroxylation is 1. The van der Waals surface area contributed by atoms with E-state index >= 15 is 0 Å². The molecule has 4 heteroatoms. The molecule has 4 rings (SSSR count). The number of aromatic nitrogens is 4. The molecule has 0 fully saturated rings. The van der Waals surface area contributed by atoms with E-state index in [0.29, 0.717) is 0 Å². The molecule has 0 atom stereocenters. The van der Waals surface area contributed by atoms with Gasteiger partial charge in [-0.1, -0.05) is 36.4 Å². The zero-order chi connectivity index (χ0) is 14.9. The summed E-state index contributed by atoms with van der Waals surface area (Å²) >= 11 is 0. The number of hydrogen-bond acceptors (Lipinski definition) is 3. The Morgan fingerprint density at radius 1 is 0.909 bits per heavy atom. The summed E-state index contributed by atoms with van der Waals surface area (Å²) in [6, 6.07) is 14.3. The lowest BCUT2D eigenvalue weighted by atomic mass is 10.0. The third-order valence-corrected chi connectivity index (χ3v) is 3.69. The van der Waals surface area contributed by atoms with E-state index in [4.69, 9.17) is 5.10 Å². The molecule has 0 saturated carbocycles. The van der Waals surface area contributed by atoms with Crippen molar-refractivity contribution in [1.82, 2.24) is 19.6 Å². The van der Waals surface area contributed by atoms with Crippen LogP contribution in [0, 0.1) is 6.92 Å². The summed E-state index contributed by atoms with van der Waals surface area (Å²) in [5.41, 5.74) is 6.12. The largest absolute Gasteiger partial charge is 0.261 e. The van der Waals surface area contributed by atoms with Gasteiger partial charge in [-0.05, 0) is 13.0 Å². The first kappa shape index (κ1) is 12.7. The van der Waals surface area contributed by atoms with Gasteiger partial charge < -0.3 is 0 Å². The van der Waals surface area contributed by atoms with E-state index in [1.807, 2.05) is 54.3 Å². The minimum Gasteiger partial charge on any atom is -0.261 e. The van der Waals surface area contributed by atoms with Crippen LogP contribution in [0.3, 0.4) is 0 Å². The maximum Gasteiger partial charge on any atom is 0.101 e. The summed E-state index contributed by atoms with van der Waals surface area (Å²) < 4.78 is 1.87. The molecule has 0 aliphatic heterocycles. The van der Waals surface area contributed by atoms with Crippen LogP contribution >= 0.6 is 0 Å². The predicted octanol–water partition coefficient (Wildman–Crippen LogP) is 3.77. The van der Waals surface area contributed by atoms with Gasteiger partial charge >= 0.3 is 0 Å². The van der Waals surface area contributed by atoms with Crippen LogP contribution in [0.1, 0.15) is 5.69 Å². The van der Waals surface area contributed by atoms with Crippen molar-refractivity contribution < 1.29 is 0 Å². The second-order valence-electron chi connectivity index (χ2n) is 5.18. The van der Waals surface area contributed by atoms with Crippen LogP contribution in [0.25, 0.3) is 27.9 Å². The van der Waals surface area contributed by atoms with Crippen molar-refractivity contribution in [2.45, 2.75) is 6.92 Å². The molecule has 0 saturated heterocycles. The third-order valence-electron chi connectivity index (χ3n) is 3.69. The van der Waals surface area contributed by atoms with Crippen LogP contribution in [0.2, 0.25) is 0 Å². The second kappa shape index (κ2) is 5.07. The maximum absolute atomic E-state index is 4.73. The van der Waals surface area contributed by atoms with Gasteiger partial charge in [0.25, 0.3) is 0 Å². The molecule has 0 N–H and O–H groups in total. The quantitative estimate of drug-likeness (QED) is 0.563. The third kappa shape index (κ3) is 2.05. The van der Waals surface area contributed by atoms with Gasteiger partial charge in [0.15, 0.2) is 0 Å². The topological polar surface area (TPSA) is 43.1 Å². The predicted molar refractivity (Wildman–Crippen MR) is 86.4 cm³/mol. The number of hydrogen-bond donors (Lipinski definition) is 0. The number of nitrogens with zero attached hydrogens (tertiary/aromatic N) is 4. The van der Waals surface area contributed by atoms with Crippen molar-refractivity contribution in [3.63, 3.8) is 0 Å². The zero-order valence-corrected chi connectivity index (χ0v) is 12.1. The van der Waals surface area contributed by atoms with Gasteiger partial charge in [0.05, 0.1) is 11.7 Å². The molecule has 4 nitrogen and oxygen atoms in total. The minimum absolute atomic E-state index is 0.944. The fourth-order valence-corrected chi connectivity index (χ4v) is 2.60. The Morgan fingerprint density at radius 2 is 1.77 bits per heavy atom. The van der Waals surface area contributed by atoms with Crippen molar-refractivity contribution in [1.29, 1.82) is 0 Å². The molecule has 0 radical (unpaired) electrons. The summed E-state index contributed by atoms with van der Waals surface area (Å²) in [5.74, 6) is 0. The van der Waals surface area contributed by atoms with Gasteiger partial charge in [0.2, 0.25) is 0 Å². The molecule has 0 amide bonds. The molecule has 4 aromatic rings. The molecular weight excluding hydrogens is 272 g/mol. The molecule has 106 valence electrons. The van der Waals surface area contributed by atoms with E-state index < -0.39 is 0 Å². The lowest BCUT2D eigenvalue weighted by Crippen LogP contribution is -1.86. The molecular formula is C18H14N4. The van der Waals surface area contributed by atoms with Gasteiger partial charge in [-0.15, -0.1) is 0 Å². The Balaban J connectivity index is 2.04. The molecule has 1 aromatic carbocycles. The second-order valence-corrected chi connectivity index (χ2v) is 5.18. The van der Waals surface area contributed by atoms with E-state index in [9.17, 15) is 0 Å². The number of fused-ring (bicyclic) bond motifs is 1. The van der Waals surface area contributed by atoms with Crippen LogP contribution in [0.15, 0.2) is 67.3 Å². The number of benzene rings is 1. The van der Waals surface area contributed by atoms with E-state index in [1.54, 1.807) is 6.20 Å². The summed E-state index contributed by atoms with van der Waals surface area (Å²) in [5, 5.41) is 4.73. The van der Waals surface area contributed by atoms with Gasteiger partial charge in [-0.2, -0.15) is 5.10 Å². The Labute approximate surface area is 128 Å². The van der Waals surface area contributed by atoms with Crippen molar-refractivity contribution >= 4 is 5.52 Å². The van der Waals surface area contributed by atoms with E-state index in [-0.39, 0.29) is 0 Å². The molecule has 0 unspecified atom stereocenters. The summed E-state index contributed by atoms with van der Waals surface area (Å²) in [6.45, 7) is 1.99. The normalized spacial score (nSPS) is 11.0. The van der Waals surface area contributed by atoms with Crippen molar-refractivity contribution in [3.8, 4) is 22.4 Å². The van der Waals surface area contributed by atoms with Gasteiger partial charge in [-0.25, -0.2) is 4.52 Å². The van der Waals surface area contributed by atoms with Crippen LogP contribution in [0.4, 0.5) is 0 Å². The fraction of sp³-hybridized carbons (Fsp3) is 0.0556. The monoisotopic (exact) mass is 286 g/mol. The smallest absolute Gasteiger partial charge is 0.101 e. The van der Waals surface area contributed by atoms with Gasteiger partial charge in [0, 0.05) is 41.0 Å². The highest BCUT2D eigenvalue weighted by atomic mass is 15.2. The highest BCUT2D eigenvalue weighted by Crippen LogP contribution is 2.34. The minimum atomic E-state index is 0.944. The molecule has 0 aliphatic rings. The summed E-state index contributed by atoms with van der Waals surface area (Å²) in [7, 11) is 0. The van der Waals surface area contributed by atoms with E-state index in [2.05, 4.69) is 28.2 Å². The Hall–Kier alpha value is -3.01. The highest BCUT2D eigenvalue weighted by Gasteiger charge is 2.16. The fourth-order valence-electron chi connectivity index (χ4n) is 2.60. The average molecular weight is 286 g/mol. The van der Waals surface area contributed by atoms with Crippen LogP contribution in [-0.2, 0) is 0 Å². The first-order valence-electron chi connectivity index (χ1n) is 7.14. The molecule has 3 aromatic heterocycles. The SMILES string of the molecule is Cc1ccc(-c2c(-c3ccccc3)nn3ccncc23)cn1. The summed E-state index contributed by atoms with van der Waals surface area (Å²) in [6.07, 6.45) is 7.35. The van der Waals surface area contributed by atoms with Gasteiger partial charge in [-0.3, -0.25) is 9.97 Å². The van der Waals surface area contributed by atoms with E-state index in [0.717, 1.165) is 33.6 Å². The standard InChI is InChI=1S/C18H14N4/c1-13-7-8-15(11-20-13)17-16-12-19-9-10-22(16)21-18(17)14-5-3-2-4-6-14/h2-12H,1H3. The molecule has 22 heavy (non-hydrogen) atoms. The van der Waals surface area contributed by atoms with E-state index in [1.165, 1.54) is 0 Å². The number of pyridine rings is 1. The highest BCUT2D eigenvalue weighted by molar-refractivity contribution is 5.91. The zero-order valence-electron chi connectivity index (χ0n) is 12.1.